The van der Waals surface area contributed by atoms with Gasteiger partial charge in [0.2, 0.25) is 0 Å². The summed E-state index contributed by atoms with van der Waals surface area (Å²) in [6.07, 6.45) is 7.46. The van der Waals surface area contributed by atoms with Crippen molar-refractivity contribution < 1.29 is 0 Å². The van der Waals surface area contributed by atoms with E-state index in [2.05, 4.69) is 26.8 Å². The van der Waals surface area contributed by atoms with Gasteiger partial charge < -0.3 is 0 Å². The molecule has 0 amide bonds. The average Bonchev–Trinajstić information content (AvgIpc) is 1.97. The molecule has 0 heteroatoms. The van der Waals surface area contributed by atoms with Gasteiger partial charge >= 0.3 is 0 Å². The molecule has 0 aromatic carbocycles. The third-order valence-corrected chi connectivity index (χ3v) is 2.46. The van der Waals surface area contributed by atoms with Gasteiger partial charge in [0.15, 0.2) is 0 Å². The van der Waals surface area contributed by atoms with Crippen molar-refractivity contribution >= 4 is 0 Å². The van der Waals surface area contributed by atoms with E-state index in [4.69, 9.17) is 0 Å². The van der Waals surface area contributed by atoms with Crippen LogP contribution in [0.15, 0.2) is 22.8 Å². The van der Waals surface area contributed by atoms with E-state index >= 15 is 0 Å². The third-order valence-electron chi connectivity index (χ3n) is 2.46. The van der Waals surface area contributed by atoms with Gasteiger partial charge in [-0.15, -0.1) is 0 Å². The Balaban J connectivity index is 2.76. The lowest BCUT2D eigenvalue weighted by atomic mass is 9.90. The smallest absolute Gasteiger partial charge is 0.0280 e. The fraction of sp³-hybridized carbons (Fsp3) is 0.636. The van der Waals surface area contributed by atoms with Crippen LogP contribution in [-0.2, 0) is 0 Å². The Bertz CT molecular complexity index is 194. The highest BCUT2D eigenvalue weighted by molar-refractivity contribution is 5.36. The van der Waals surface area contributed by atoms with Gasteiger partial charge in [0.05, 0.1) is 0 Å². The first-order valence-corrected chi connectivity index (χ1v) is 4.61. The highest BCUT2D eigenvalue weighted by Crippen LogP contribution is 2.27. The maximum atomic E-state index is 2.37. The molecule has 0 fully saturated rings. The molecule has 1 aliphatic rings. The molecule has 0 nitrogen and oxygen atoms in total. The molecule has 62 valence electrons. The standard InChI is InChI=1S/C11H18/c1-4-6-11-9(2)7-5-8-10(11)3/h7H,4-6,8H2,1-3H3. The first-order chi connectivity index (χ1) is 5.25. The minimum absolute atomic E-state index is 1.25. The van der Waals surface area contributed by atoms with E-state index in [0.717, 1.165) is 0 Å². The van der Waals surface area contributed by atoms with Crippen LogP contribution in [0.25, 0.3) is 0 Å². The lowest BCUT2D eigenvalue weighted by Crippen LogP contribution is -1.96. The topological polar surface area (TPSA) is 0 Å². The number of hydrogen-bond acceptors (Lipinski definition) is 0. The minimum Gasteiger partial charge on any atom is -0.0810 e. The highest BCUT2D eigenvalue weighted by atomic mass is 14.1. The van der Waals surface area contributed by atoms with Crippen LogP contribution < -0.4 is 0 Å². The molecule has 11 heavy (non-hydrogen) atoms. The Labute approximate surface area is 70.0 Å². The normalized spacial score (nSPS) is 18.6. The molecule has 0 saturated heterocycles. The lowest BCUT2D eigenvalue weighted by molar-refractivity contribution is 0.837. The monoisotopic (exact) mass is 150 g/mol. The summed E-state index contributed by atoms with van der Waals surface area (Å²) >= 11 is 0. The predicted octanol–water partition coefficient (Wildman–Crippen LogP) is 3.84. The Morgan fingerprint density at radius 1 is 1.36 bits per heavy atom. The Morgan fingerprint density at radius 2 is 2.09 bits per heavy atom. The van der Waals surface area contributed by atoms with Crippen molar-refractivity contribution in [2.75, 3.05) is 0 Å². The second-order valence-corrected chi connectivity index (χ2v) is 3.43. The summed E-state index contributed by atoms with van der Waals surface area (Å²) in [5.74, 6) is 0. The van der Waals surface area contributed by atoms with Gasteiger partial charge in [-0.05, 0) is 38.7 Å². The molecule has 0 unspecified atom stereocenters. The zero-order valence-electron chi connectivity index (χ0n) is 7.91. The van der Waals surface area contributed by atoms with Gasteiger partial charge in [-0.1, -0.05) is 30.6 Å². The molecule has 0 bridgehead atoms. The summed E-state index contributed by atoms with van der Waals surface area (Å²) in [7, 11) is 0. The molecule has 1 rings (SSSR count). The van der Waals surface area contributed by atoms with E-state index in [1.54, 1.807) is 11.1 Å². The van der Waals surface area contributed by atoms with Crippen LogP contribution in [0, 0.1) is 0 Å². The molecule has 0 radical (unpaired) electrons. The van der Waals surface area contributed by atoms with Crippen molar-refractivity contribution in [1.82, 2.24) is 0 Å². The van der Waals surface area contributed by atoms with E-state index in [9.17, 15) is 0 Å². The van der Waals surface area contributed by atoms with Crippen LogP contribution in [0.2, 0.25) is 0 Å². The average molecular weight is 150 g/mol. The van der Waals surface area contributed by atoms with E-state index < -0.39 is 0 Å². The van der Waals surface area contributed by atoms with Gasteiger partial charge in [0.25, 0.3) is 0 Å². The first kappa shape index (κ1) is 8.58. The zero-order valence-corrected chi connectivity index (χ0v) is 7.91. The highest BCUT2D eigenvalue weighted by Gasteiger charge is 2.07. The van der Waals surface area contributed by atoms with Crippen molar-refractivity contribution in [3.8, 4) is 0 Å². The van der Waals surface area contributed by atoms with E-state index in [-0.39, 0.29) is 0 Å². The van der Waals surface area contributed by atoms with E-state index in [0.29, 0.717) is 0 Å². The Hall–Kier alpha value is -0.520. The zero-order chi connectivity index (χ0) is 8.27. The molecule has 0 saturated carbocycles. The molecule has 0 heterocycles. The maximum Gasteiger partial charge on any atom is -0.0280 e. The van der Waals surface area contributed by atoms with Gasteiger partial charge in [0, 0.05) is 0 Å². The van der Waals surface area contributed by atoms with Crippen LogP contribution in [-0.4, -0.2) is 0 Å². The van der Waals surface area contributed by atoms with Crippen LogP contribution in [0.1, 0.15) is 46.5 Å². The second-order valence-electron chi connectivity index (χ2n) is 3.43. The lowest BCUT2D eigenvalue weighted by Gasteiger charge is -2.16. The van der Waals surface area contributed by atoms with Gasteiger partial charge in [-0.2, -0.15) is 0 Å². The molecule has 0 aliphatic heterocycles. The SMILES string of the molecule is CCCC1=C(C)CCC=C1C. The van der Waals surface area contributed by atoms with Gasteiger partial charge in [0.1, 0.15) is 0 Å². The number of hydrogen-bond donors (Lipinski definition) is 0. The molecule has 0 spiro atoms. The Kier molecular flexibility index (Phi) is 2.92. The van der Waals surface area contributed by atoms with Crippen molar-refractivity contribution in [1.29, 1.82) is 0 Å². The summed E-state index contributed by atoms with van der Waals surface area (Å²) in [6, 6.07) is 0. The Morgan fingerprint density at radius 3 is 2.64 bits per heavy atom. The van der Waals surface area contributed by atoms with Crippen molar-refractivity contribution in [2.45, 2.75) is 46.5 Å². The fourth-order valence-corrected chi connectivity index (χ4v) is 1.78. The van der Waals surface area contributed by atoms with Gasteiger partial charge in [-0.25, -0.2) is 0 Å². The molecule has 1 aliphatic carbocycles. The van der Waals surface area contributed by atoms with Crippen LogP contribution >= 0.6 is 0 Å². The van der Waals surface area contributed by atoms with Crippen molar-refractivity contribution in [3.05, 3.63) is 22.8 Å². The maximum absolute atomic E-state index is 2.37. The molecule has 0 aromatic rings. The molecular weight excluding hydrogens is 132 g/mol. The summed E-state index contributed by atoms with van der Waals surface area (Å²) < 4.78 is 0. The van der Waals surface area contributed by atoms with Gasteiger partial charge in [-0.3, -0.25) is 0 Å². The van der Waals surface area contributed by atoms with Crippen molar-refractivity contribution in [3.63, 3.8) is 0 Å². The van der Waals surface area contributed by atoms with Crippen LogP contribution in [0.5, 0.6) is 0 Å². The second kappa shape index (κ2) is 3.75. The van der Waals surface area contributed by atoms with E-state index in [1.165, 1.54) is 31.3 Å². The summed E-state index contributed by atoms with van der Waals surface area (Å²) in [5.41, 5.74) is 4.77. The fourth-order valence-electron chi connectivity index (χ4n) is 1.78. The van der Waals surface area contributed by atoms with Crippen LogP contribution in [0.4, 0.5) is 0 Å². The van der Waals surface area contributed by atoms with Crippen molar-refractivity contribution in [2.24, 2.45) is 0 Å². The largest absolute Gasteiger partial charge is 0.0810 e. The predicted molar refractivity (Wildman–Crippen MR) is 50.6 cm³/mol. The van der Waals surface area contributed by atoms with Crippen LogP contribution in [0.3, 0.4) is 0 Å². The summed E-state index contributed by atoms with van der Waals surface area (Å²) in [5, 5.41) is 0. The third kappa shape index (κ3) is 1.95. The quantitative estimate of drug-likeness (QED) is 0.561. The molecule has 0 N–H and O–H groups in total. The number of rotatable bonds is 2. The minimum atomic E-state index is 1.25. The molecular formula is C11H18. The first-order valence-electron chi connectivity index (χ1n) is 4.61. The molecule has 0 atom stereocenters. The summed E-state index contributed by atoms with van der Waals surface area (Å²) in [4.78, 5) is 0. The summed E-state index contributed by atoms with van der Waals surface area (Å²) in [6.45, 7) is 6.78. The van der Waals surface area contributed by atoms with E-state index in [1.807, 2.05) is 0 Å². The number of allylic oxidation sites excluding steroid dienone is 4. The molecule has 0 aromatic heterocycles.